The zero-order valence-electron chi connectivity index (χ0n) is 9.09. The molecule has 3 heteroatoms. The first-order valence-corrected chi connectivity index (χ1v) is 5.22. The minimum absolute atomic E-state index is 0.314. The third-order valence-electron chi connectivity index (χ3n) is 2.26. The number of carbonyl (C=O) groups is 1. The van der Waals surface area contributed by atoms with E-state index in [9.17, 15) is 4.79 Å². The van der Waals surface area contributed by atoms with Crippen LogP contribution in [0.1, 0.15) is 6.92 Å². The van der Waals surface area contributed by atoms with Crippen molar-refractivity contribution < 1.29 is 9.53 Å². The van der Waals surface area contributed by atoms with E-state index >= 15 is 0 Å². The molecule has 2 heterocycles. The van der Waals surface area contributed by atoms with Crippen molar-refractivity contribution in [2.24, 2.45) is 0 Å². The first-order valence-electron chi connectivity index (χ1n) is 5.22. The van der Waals surface area contributed by atoms with Crippen molar-refractivity contribution in [2.45, 2.75) is 6.92 Å². The van der Waals surface area contributed by atoms with Crippen LogP contribution in [0.15, 0.2) is 60.1 Å². The molecule has 0 unspecified atom stereocenters. The summed E-state index contributed by atoms with van der Waals surface area (Å²) in [7, 11) is 0. The van der Waals surface area contributed by atoms with Crippen molar-refractivity contribution in [2.75, 3.05) is 6.61 Å². The van der Waals surface area contributed by atoms with Gasteiger partial charge in [-0.1, -0.05) is 12.2 Å². The van der Waals surface area contributed by atoms with Crippen LogP contribution in [0.4, 0.5) is 0 Å². The SMILES string of the molecule is CCOC(=O)/C=C1\C=CC=C2C=CC=CN21. The average molecular weight is 215 g/mol. The zero-order chi connectivity index (χ0) is 11.4. The Hall–Kier alpha value is -2.03. The predicted octanol–water partition coefficient (Wildman–Crippen LogP) is 2.27. The number of rotatable bonds is 2. The Morgan fingerprint density at radius 2 is 2.25 bits per heavy atom. The lowest BCUT2D eigenvalue weighted by molar-refractivity contribution is -0.137. The second kappa shape index (κ2) is 4.66. The van der Waals surface area contributed by atoms with Crippen LogP contribution < -0.4 is 0 Å². The third kappa shape index (κ3) is 2.14. The quantitative estimate of drug-likeness (QED) is 0.522. The normalized spacial score (nSPS) is 19.7. The van der Waals surface area contributed by atoms with E-state index in [0.29, 0.717) is 6.61 Å². The molecule has 0 atom stereocenters. The molecule has 0 fully saturated rings. The van der Waals surface area contributed by atoms with Crippen LogP contribution in [0, 0.1) is 0 Å². The van der Waals surface area contributed by atoms with E-state index in [0.717, 1.165) is 11.4 Å². The van der Waals surface area contributed by atoms with Crippen molar-refractivity contribution in [3.8, 4) is 0 Å². The maximum atomic E-state index is 11.4. The van der Waals surface area contributed by atoms with Gasteiger partial charge in [-0.15, -0.1) is 0 Å². The largest absolute Gasteiger partial charge is 0.463 e. The van der Waals surface area contributed by atoms with Crippen molar-refractivity contribution in [1.29, 1.82) is 0 Å². The van der Waals surface area contributed by atoms with Crippen molar-refractivity contribution in [1.82, 2.24) is 4.90 Å². The summed E-state index contributed by atoms with van der Waals surface area (Å²) in [6.07, 6.45) is 15.1. The summed E-state index contributed by atoms with van der Waals surface area (Å²) in [5.41, 5.74) is 1.86. The standard InChI is InChI=1S/C13H13NO2/c1-2-16-13(15)10-12-8-5-7-11-6-3-4-9-14(11)12/h3-10H,2H2,1H3/b12-10+. The van der Waals surface area contributed by atoms with E-state index in [1.54, 1.807) is 6.92 Å². The third-order valence-corrected chi connectivity index (χ3v) is 2.26. The summed E-state index contributed by atoms with van der Waals surface area (Å²) in [6.45, 7) is 2.19. The molecule has 0 aromatic rings. The van der Waals surface area contributed by atoms with E-state index < -0.39 is 0 Å². The molecule has 2 aliphatic rings. The van der Waals surface area contributed by atoms with Gasteiger partial charge in [-0.25, -0.2) is 4.79 Å². The van der Waals surface area contributed by atoms with Gasteiger partial charge in [0.05, 0.1) is 12.3 Å². The summed E-state index contributed by atoms with van der Waals surface area (Å²) in [6, 6.07) is 0. The maximum absolute atomic E-state index is 11.4. The van der Waals surface area contributed by atoms with Crippen LogP contribution in [0.5, 0.6) is 0 Å². The number of carbonyl (C=O) groups excluding carboxylic acids is 1. The van der Waals surface area contributed by atoms with Crippen LogP contribution in [0.25, 0.3) is 0 Å². The average Bonchev–Trinajstić information content (AvgIpc) is 2.30. The number of nitrogens with zero attached hydrogens (tertiary/aromatic N) is 1. The van der Waals surface area contributed by atoms with Crippen LogP contribution in [-0.4, -0.2) is 17.5 Å². The number of ether oxygens (including phenoxy) is 1. The van der Waals surface area contributed by atoms with Crippen LogP contribution in [0.3, 0.4) is 0 Å². The van der Waals surface area contributed by atoms with E-state index in [1.165, 1.54) is 6.08 Å². The Morgan fingerprint density at radius 1 is 1.38 bits per heavy atom. The van der Waals surface area contributed by atoms with Gasteiger partial charge >= 0.3 is 5.97 Å². The lowest BCUT2D eigenvalue weighted by Gasteiger charge is -2.26. The highest BCUT2D eigenvalue weighted by Crippen LogP contribution is 2.23. The van der Waals surface area contributed by atoms with Gasteiger partial charge in [-0.2, -0.15) is 0 Å². The van der Waals surface area contributed by atoms with E-state index in [-0.39, 0.29) is 5.97 Å². The van der Waals surface area contributed by atoms with Gasteiger partial charge in [0.1, 0.15) is 0 Å². The van der Waals surface area contributed by atoms with E-state index in [4.69, 9.17) is 4.74 Å². The Labute approximate surface area is 94.7 Å². The molecule has 0 saturated carbocycles. The van der Waals surface area contributed by atoms with E-state index in [1.807, 2.05) is 47.6 Å². The number of hydrogen-bond donors (Lipinski definition) is 0. The Balaban J connectivity index is 2.21. The van der Waals surface area contributed by atoms with Crippen LogP contribution in [-0.2, 0) is 9.53 Å². The van der Waals surface area contributed by atoms with Gasteiger partial charge in [0.15, 0.2) is 0 Å². The Morgan fingerprint density at radius 3 is 3.06 bits per heavy atom. The molecular weight excluding hydrogens is 202 g/mol. The maximum Gasteiger partial charge on any atom is 0.332 e. The van der Waals surface area contributed by atoms with Gasteiger partial charge in [-0.3, -0.25) is 0 Å². The van der Waals surface area contributed by atoms with Crippen molar-refractivity contribution in [3.05, 3.63) is 60.1 Å². The second-order valence-corrected chi connectivity index (χ2v) is 3.34. The second-order valence-electron chi connectivity index (χ2n) is 3.34. The number of fused-ring (bicyclic) bond motifs is 1. The van der Waals surface area contributed by atoms with E-state index in [2.05, 4.69) is 0 Å². The number of allylic oxidation sites excluding steroid dienone is 6. The molecular formula is C13H13NO2. The topological polar surface area (TPSA) is 29.5 Å². The van der Waals surface area contributed by atoms with Gasteiger partial charge < -0.3 is 9.64 Å². The zero-order valence-corrected chi connectivity index (χ0v) is 9.09. The number of hydrogen-bond acceptors (Lipinski definition) is 3. The molecule has 0 N–H and O–H groups in total. The smallest absolute Gasteiger partial charge is 0.332 e. The molecule has 0 aromatic carbocycles. The Bertz CT molecular complexity index is 439. The summed E-state index contributed by atoms with van der Waals surface area (Å²) in [5, 5.41) is 0. The molecule has 0 aromatic heterocycles. The predicted molar refractivity (Wildman–Crippen MR) is 62.1 cm³/mol. The lowest BCUT2D eigenvalue weighted by atomic mass is 10.1. The highest BCUT2D eigenvalue weighted by molar-refractivity contribution is 5.83. The summed E-state index contributed by atoms with van der Waals surface area (Å²) in [5.74, 6) is -0.314. The summed E-state index contributed by atoms with van der Waals surface area (Å²) >= 11 is 0. The molecule has 0 aliphatic carbocycles. The fraction of sp³-hybridized carbons (Fsp3) is 0.154. The van der Waals surface area contributed by atoms with Gasteiger partial charge in [-0.05, 0) is 31.2 Å². The molecule has 0 spiro atoms. The first kappa shape index (κ1) is 10.5. The monoisotopic (exact) mass is 215 g/mol. The molecule has 2 rings (SSSR count). The molecule has 2 aliphatic heterocycles. The molecule has 0 amide bonds. The molecule has 0 bridgehead atoms. The molecule has 16 heavy (non-hydrogen) atoms. The van der Waals surface area contributed by atoms with Crippen molar-refractivity contribution >= 4 is 5.97 Å². The fourth-order valence-electron chi connectivity index (χ4n) is 1.58. The molecule has 82 valence electrons. The summed E-state index contributed by atoms with van der Waals surface area (Å²) in [4.78, 5) is 13.3. The minimum Gasteiger partial charge on any atom is -0.463 e. The molecule has 0 saturated heterocycles. The Kier molecular flexibility index (Phi) is 3.05. The van der Waals surface area contributed by atoms with Gasteiger partial charge in [0.25, 0.3) is 0 Å². The van der Waals surface area contributed by atoms with Crippen molar-refractivity contribution in [3.63, 3.8) is 0 Å². The lowest BCUT2D eigenvalue weighted by Crippen LogP contribution is -2.18. The summed E-state index contributed by atoms with van der Waals surface area (Å²) < 4.78 is 4.89. The van der Waals surface area contributed by atoms with Gasteiger partial charge in [0, 0.05) is 18.0 Å². The van der Waals surface area contributed by atoms with Crippen LogP contribution in [0.2, 0.25) is 0 Å². The molecule has 3 nitrogen and oxygen atoms in total. The number of esters is 1. The molecule has 0 radical (unpaired) electrons. The fourth-order valence-corrected chi connectivity index (χ4v) is 1.58. The van der Waals surface area contributed by atoms with Gasteiger partial charge in [0.2, 0.25) is 0 Å². The van der Waals surface area contributed by atoms with Crippen LogP contribution >= 0.6 is 0 Å². The first-order chi connectivity index (χ1) is 7.81. The highest BCUT2D eigenvalue weighted by atomic mass is 16.5. The highest BCUT2D eigenvalue weighted by Gasteiger charge is 2.14. The minimum atomic E-state index is -0.314.